The molecule has 3 unspecified atom stereocenters. The lowest BCUT2D eigenvalue weighted by Crippen LogP contribution is -2.38. The Morgan fingerprint density at radius 1 is 1.60 bits per heavy atom. The van der Waals surface area contributed by atoms with Gasteiger partial charge >= 0.3 is 0 Å². The molecule has 90 valence electrons. The minimum Gasteiger partial charge on any atom is -0.395 e. The Balaban J connectivity index is 2.07. The predicted octanol–water partition coefficient (Wildman–Crippen LogP) is 1.26. The first kappa shape index (κ1) is 13.3. The van der Waals surface area contributed by atoms with Gasteiger partial charge in [-0.2, -0.15) is 11.8 Å². The SMILES string of the molecule is CSC(CO)C(C)NCCC1CCCO1. The summed E-state index contributed by atoms with van der Waals surface area (Å²) in [6, 6.07) is 0.367. The summed E-state index contributed by atoms with van der Waals surface area (Å²) in [5.41, 5.74) is 0. The molecule has 0 saturated carbocycles. The van der Waals surface area contributed by atoms with Crippen LogP contribution in [0.25, 0.3) is 0 Å². The Bertz CT molecular complexity index is 159. The molecular weight excluding hydrogens is 210 g/mol. The zero-order valence-electron chi connectivity index (χ0n) is 9.74. The Labute approximate surface area is 97.0 Å². The smallest absolute Gasteiger partial charge is 0.0588 e. The largest absolute Gasteiger partial charge is 0.395 e. The van der Waals surface area contributed by atoms with Crippen LogP contribution >= 0.6 is 11.8 Å². The molecule has 3 nitrogen and oxygen atoms in total. The molecule has 1 fully saturated rings. The van der Waals surface area contributed by atoms with E-state index < -0.39 is 0 Å². The highest BCUT2D eigenvalue weighted by Crippen LogP contribution is 2.15. The molecule has 0 aromatic rings. The van der Waals surface area contributed by atoms with E-state index in [1.165, 1.54) is 12.8 Å². The lowest BCUT2D eigenvalue weighted by molar-refractivity contribution is 0.103. The first-order valence-corrected chi connectivity index (χ1v) is 7.05. The van der Waals surface area contributed by atoms with E-state index in [1.807, 2.05) is 6.26 Å². The molecule has 0 aliphatic carbocycles. The van der Waals surface area contributed by atoms with Gasteiger partial charge < -0.3 is 15.2 Å². The molecule has 15 heavy (non-hydrogen) atoms. The molecule has 3 atom stereocenters. The summed E-state index contributed by atoms with van der Waals surface area (Å²) in [5, 5.41) is 12.9. The average molecular weight is 233 g/mol. The van der Waals surface area contributed by atoms with E-state index in [0.29, 0.717) is 17.4 Å². The molecule has 1 aliphatic heterocycles. The van der Waals surface area contributed by atoms with E-state index in [0.717, 1.165) is 19.6 Å². The quantitative estimate of drug-likeness (QED) is 0.694. The fourth-order valence-electron chi connectivity index (χ4n) is 1.91. The number of rotatable bonds is 7. The molecule has 1 rings (SSSR count). The van der Waals surface area contributed by atoms with Gasteiger partial charge in [0.25, 0.3) is 0 Å². The third-order valence-corrected chi connectivity index (χ3v) is 4.16. The second-order valence-electron chi connectivity index (χ2n) is 4.12. The van der Waals surface area contributed by atoms with Gasteiger partial charge in [0.15, 0.2) is 0 Å². The number of hydrogen-bond donors (Lipinski definition) is 2. The van der Waals surface area contributed by atoms with Crippen molar-refractivity contribution in [1.82, 2.24) is 5.32 Å². The van der Waals surface area contributed by atoms with Crippen molar-refractivity contribution in [2.24, 2.45) is 0 Å². The number of hydrogen-bond acceptors (Lipinski definition) is 4. The van der Waals surface area contributed by atoms with Gasteiger partial charge in [-0.3, -0.25) is 0 Å². The summed E-state index contributed by atoms with van der Waals surface area (Å²) in [6.07, 6.45) is 6.02. The molecule has 1 aliphatic rings. The number of aliphatic hydroxyl groups is 1. The van der Waals surface area contributed by atoms with Crippen molar-refractivity contribution in [2.75, 3.05) is 26.0 Å². The summed E-state index contributed by atoms with van der Waals surface area (Å²) in [4.78, 5) is 0. The topological polar surface area (TPSA) is 41.5 Å². The first-order chi connectivity index (χ1) is 7.27. The van der Waals surface area contributed by atoms with Crippen LogP contribution in [0, 0.1) is 0 Å². The Kier molecular flexibility index (Phi) is 6.64. The van der Waals surface area contributed by atoms with Crippen LogP contribution in [0.1, 0.15) is 26.2 Å². The summed E-state index contributed by atoms with van der Waals surface area (Å²) in [7, 11) is 0. The molecule has 0 amide bonds. The molecule has 0 spiro atoms. The molecule has 1 saturated heterocycles. The molecule has 2 N–H and O–H groups in total. The number of nitrogens with one attached hydrogen (secondary N) is 1. The maximum absolute atomic E-state index is 9.12. The van der Waals surface area contributed by atoms with Crippen molar-refractivity contribution in [1.29, 1.82) is 0 Å². The van der Waals surface area contributed by atoms with Gasteiger partial charge in [0.2, 0.25) is 0 Å². The normalized spacial score (nSPS) is 25.4. The van der Waals surface area contributed by atoms with Crippen LogP contribution in [0.5, 0.6) is 0 Å². The van der Waals surface area contributed by atoms with Crippen molar-refractivity contribution >= 4 is 11.8 Å². The highest BCUT2D eigenvalue weighted by atomic mass is 32.2. The lowest BCUT2D eigenvalue weighted by Gasteiger charge is -2.22. The summed E-state index contributed by atoms with van der Waals surface area (Å²) < 4.78 is 5.55. The zero-order valence-corrected chi connectivity index (χ0v) is 10.6. The van der Waals surface area contributed by atoms with Crippen molar-refractivity contribution < 1.29 is 9.84 Å². The minimum absolute atomic E-state index is 0.245. The summed E-state index contributed by atoms with van der Waals surface area (Å²) in [6.45, 7) is 4.30. The number of thioether (sulfide) groups is 1. The van der Waals surface area contributed by atoms with Crippen LogP contribution in [-0.2, 0) is 4.74 Å². The van der Waals surface area contributed by atoms with E-state index in [-0.39, 0.29) is 6.61 Å². The van der Waals surface area contributed by atoms with Gasteiger partial charge in [0, 0.05) is 17.9 Å². The molecule has 1 heterocycles. The fraction of sp³-hybridized carbons (Fsp3) is 1.00. The van der Waals surface area contributed by atoms with Crippen molar-refractivity contribution in [3.05, 3.63) is 0 Å². The average Bonchev–Trinajstić information content (AvgIpc) is 2.72. The molecule has 4 heteroatoms. The van der Waals surface area contributed by atoms with Crippen LogP contribution in [0.3, 0.4) is 0 Å². The third-order valence-electron chi connectivity index (χ3n) is 3.00. The van der Waals surface area contributed by atoms with Gasteiger partial charge in [0.1, 0.15) is 0 Å². The van der Waals surface area contributed by atoms with Gasteiger partial charge in [-0.05, 0) is 39.0 Å². The van der Waals surface area contributed by atoms with Crippen LogP contribution in [0.15, 0.2) is 0 Å². The van der Waals surface area contributed by atoms with E-state index in [1.54, 1.807) is 11.8 Å². The number of ether oxygens (including phenoxy) is 1. The van der Waals surface area contributed by atoms with E-state index in [2.05, 4.69) is 12.2 Å². The molecule has 0 aromatic carbocycles. The molecular formula is C11H23NO2S. The van der Waals surface area contributed by atoms with Crippen LogP contribution in [-0.4, -0.2) is 48.5 Å². The highest BCUT2D eigenvalue weighted by molar-refractivity contribution is 7.99. The monoisotopic (exact) mass is 233 g/mol. The third kappa shape index (κ3) is 4.72. The Hall–Kier alpha value is 0.230. The van der Waals surface area contributed by atoms with E-state index in [9.17, 15) is 0 Å². The minimum atomic E-state index is 0.245. The van der Waals surface area contributed by atoms with E-state index in [4.69, 9.17) is 9.84 Å². The lowest BCUT2D eigenvalue weighted by atomic mass is 10.1. The maximum atomic E-state index is 9.12. The van der Waals surface area contributed by atoms with Crippen LogP contribution in [0.4, 0.5) is 0 Å². The Morgan fingerprint density at radius 3 is 2.93 bits per heavy atom. The highest BCUT2D eigenvalue weighted by Gasteiger charge is 2.17. The van der Waals surface area contributed by atoms with Gasteiger partial charge in [-0.1, -0.05) is 0 Å². The standard InChI is InChI=1S/C11H23NO2S/c1-9(11(8-13)15-2)12-6-5-10-4-3-7-14-10/h9-13H,3-8H2,1-2H3. The van der Waals surface area contributed by atoms with Crippen molar-refractivity contribution in [3.63, 3.8) is 0 Å². The van der Waals surface area contributed by atoms with Crippen molar-refractivity contribution in [2.45, 2.75) is 43.6 Å². The number of aliphatic hydroxyl groups excluding tert-OH is 1. The van der Waals surface area contributed by atoms with Crippen LogP contribution < -0.4 is 5.32 Å². The maximum Gasteiger partial charge on any atom is 0.0588 e. The zero-order chi connectivity index (χ0) is 11.1. The molecule has 0 aromatic heterocycles. The summed E-state index contributed by atoms with van der Waals surface area (Å²) >= 11 is 1.72. The second-order valence-corrected chi connectivity index (χ2v) is 5.20. The predicted molar refractivity (Wildman–Crippen MR) is 65.4 cm³/mol. The molecule has 0 radical (unpaired) electrons. The van der Waals surface area contributed by atoms with Gasteiger partial charge in [-0.25, -0.2) is 0 Å². The van der Waals surface area contributed by atoms with E-state index >= 15 is 0 Å². The Morgan fingerprint density at radius 2 is 2.40 bits per heavy atom. The first-order valence-electron chi connectivity index (χ1n) is 5.76. The fourth-order valence-corrected chi connectivity index (χ4v) is 2.57. The van der Waals surface area contributed by atoms with Crippen LogP contribution in [0.2, 0.25) is 0 Å². The molecule has 0 bridgehead atoms. The summed E-state index contributed by atoms with van der Waals surface area (Å²) in [5.74, 6) is 0. The van der Waals surface area contributed by atoms with Gasteiger partial charge in [0.05, 0.1) is 12.7 Å². The second kappa shape index (κ2) is 7.49. The van der Waals surface area contributed by atoms with Gasteiger partial charge in [-0.15, -0.1) is 0 Å². The van der Waals surface area contributed by atoms with Crippen molar-refractivity contribution in [3.8, 4) is 0 Å².